The van der Waals surface area contributed by atoms with Gasteiger partial charge in [0.1, 0.15) is 10.8 Å². The van der Waals surface area contributed by atoms with E-state index in [9.17, 15) is 4.79 Å². The Morgan fingerprint density at radius 3 is 2.65 bits per heavy atom. The van der Waals surface area contributed by atoms with E-state index in [1.807, 2.05) is 43.3 Å². The molecule has 3 aromatic rings. The van der Waals surface area contributed by atoms with Crippen LogP contribution in [0.25, 0.3) is 0 Å². The summed E-state index contributed by atoms with van der Waals surface area (Å²) in [5.41, 5.74) is 4.24. The molecule has 0 unspecified atom stereocenters. The van der Waals surface area contributed by atoms with Crippen LogP contribution < -0.4 is 15.0 Å². The van der Waals surface area contributed by atoms with Gasteiger partial charge < -0.3 is 15.0 Å². The zero-order chi connectivity index (χ0) is 21.6. The van der Waals surface area contributed by atoms with Crippen LogP contribution >= 0.6 is 11.3 Å². The summed E-state index contributed by atoms with van der Waals surface area (Å²) < 4.78 is 5.34. The molecule has 6 nitrogen and oxygen atoms in total. The van der Waals surface area contributed by atoms with Gasteiger partial charge in [0.15, 0.2) is 0 Å². The highest BCUT2D eigenvalue weighted by molar-refractivity contribution is 7.09. The monoisotopic (exact) mass is 436 g/mol. The number of nitrogens with zero attached hydrogens (tertiary/aromatic N) is 3. The van der Waals surface area contributed by atoms with E-state index in [2.05, 4.69) is 37.6 Å². The third-order valence-electron chi connectivity index (χ3n) is 5.42. The summed E-state index contributed by atoms with van der Waals surface area (Å²) in [5.74, 6) is 0.859. The van der Waals surface area contributed by atoms with Crippen LogP contribution in [0, 0.1) is 6.92 Å². The van der Waals surface area contributed by atoms with E-state index in [0.717, 1.165) is 54.9 Å². The molecule has 162 valence electrons. The molecule has 0 aliphatic carbocycles. The van der Waals surface area contributed by atoms with Gasteiger partial charge in [0.2, 0.25) is 5.91 Å². The highest BCUT2D eigenvalue weighted by Gasteiger charge is 2.19. The number of benzene rings is 2. The Morgan fingerprint density at radius 2 is 1.90 bits per heavy atom. The molecule has 1 fully saturated rings. The third-order valence-corrected chi connectivity index (χ3v) is 6.32. The molecule has 1 aliphatic rings. The number of nitrogens with one attached hydrogen (secondary N) is 1. The van der Waals surface area contributed by atoms with Gasteiger partial charge in [-0.3, -0.25) is 9.69 Å². The number of anilines is 2. The second kappa shape index (κ2) is 9.94. The second-order valence-corrected chi connectivity index (χ2v) is 8.73. The number of carbonyl (C=O) groups is 1. The van der Waals surface area contributed by atoms with Crippen LogP contribution in [0.3, 0.4) is 0 Å². The molecule has 0 spiro atoms. The first-order valence-electron chi connectivity index (χ1n) is 10.5. The fourth-order valence-electron chi connectivity index (χ4n) is 3.68. The minimum absolute atomic E-state index is 0.0309. The van der Waals surface area contributed by atoms with Crippen molar-refractivity contribution in [3.8, 4) is 5.75 Å². The molecule has 1 aromatic heterocycles. The number of piperazine rings is 1. The van der Waals surface area contributed by atoms with Gasteiger partial charge in [-0.2, -0.15) is 0 Å². The maximum Gasteiger partial charge on any atom is 0.231 e. The Kier molecular flexibility index (Phi) is 6.84. The topological polar surface area (TPSA) is 57.7 Å². The fourth-order valence-corrected chi connectivity index (χ4v) is 4.47. The molecule has 1 amide bonds. The average molecular weight is 437 g/mol. The van der Waals surface area contributed by atoms with Crippen LogP contribution in [-0.2, 0) is 17.8 Å². The van der Waals surface area contributed by atoms with Crippen molar-refractivity contribution in [1.82, 2.24) is 9.88 Å². The standard InChI is InChI=1S/C24H28N4O2S/c1-18-6-8-19(9-7-18)25-23(29)15-24-26-20(17-31-24)16-27-10-12-28(13-11-27)21-4-3-5-22(14-21)30-2/h3-9,14,17H,10-13,15-16H2,1-2H3,(H,25,29). The van der Waals surface area contributed by atoms with Gasteiger partial charge in [0, 0.05) is 55.5 Å². The lowest BCUT2D eigenvalue weighted by atomic mass is 10.2. The normalized spacial score (nSPS) is 14.5. The zero-order valence-corrected chi connectivity index (χ0v) is 18.8. The fraction of sp³-hybridized carbons (Fsp3) is 0.333. The van der Waals surface area contributed by atoms with Crippen molar-refractivity contribution in [3.05, 3.63) is 70.2 Å². The number of ether oxygens (including phenoxy) is 1. The number of rotatable bonds is 7. The summed E-state index contributed by atoms with van der Waals surface area (Å²) in [4.78, 5) is 21.8. The lowest BCUT2D eigenvalue weighted by molar-refractivity contribution is -0.115. The molecule has 0 atom stereocenters. The Morgan fingerprint density at radius 1 is 1.13 bits per heavy atom. The highest BCUT2D eigenvalue weighted by atomic mass is 32.1. The molecule has 1 saturated heterocycles. The lowest BCUT2D eigenvalue weighted by Gasteiger charge is -2.35. The zero-order valence-electron chi connectivity index (χ0n) is 18.0. The predicted octanol–water partition coefficient (Wildman–Crippen LogP) is 3.96. The van der Waals surface area contributed by atoms with Gasteiger partial charge in [-0.25, -0.2) is 4.98 Å². The van der Waals surface area contributed by atoms with Crippen LogP contribution in [0.1, 0.15) is 16.3 Å². The first kappa shape index (κ1) is 21.3. The van der Waals surface area contributed by atoms with Gasteiger partial charge in [-0.1, -0.05) is 23.8 Å². The molecular formula is C24H28N4O2S. The summed E-state index contributed by atoms with van der Waals surface area (Å²) in [5, 5.41) is 5.87. The lowest BCUT2D eigenvalue weighted by Crippen LogP contribution is -2.46. The number of hydrogen-bond donors (Lipinski definition) is 1. The number of hydrogen-bond acceptors (Lipinski definition) is 6. The maximum atomic E-state index is 12.3. The molecule has 2 aromatic carbocycles. The quantitative estimate of drug-likeness (QED) is 0.608. The Labute approximate surface area is 187 Å². The largest absolute Gasteiger partial charge is 0.497 e. The van der Waals surface area contributed by atoms with Crippen molar-refractivity contribution in [2.45, 2.75) is 19.9 Å². The van der Waals surface area contributed by atoms with E-state index in [-0.39, 0.29) is 5.91 Å². The molecule has 2 heterocycles. The number of aryl methyl sites for hydroxylation is 1. The van der Waals surface area contributed by atoms with Gasteiger partial charge in [-0.15, -0.1) is 11.3 Å². The van der Waals surface area contributed by atoms with Crippen LogP contribution in [0.2, 0.25) is 0 Å². The first-order valence-corrected chi connectivity index (χ1v) is 11.4. The van der Waals surface area contributed by atoms with Gasteiger partial charge in [-0.05, 0) is 31.2 Å². The molecule has 4 rings (SSSR count). The highest BCUT2D eigenvalue weighted by Crippen LogP contribution is 2.23. The van der Waals surface area contributed by atoms with E-state index < -0.39 is 0 Å². The molecule has 0 bridgehead atoms. The first-order chi connectivity index (χ1) is 15.1. The molecule has 0 radical (unpaired) electrons. The SMILES string of the molecule is COc1cccc(N2CCN(Cc3csc(CC(=O)Nc4ccc(C)cc4)n3)CC2)c1. The molecule has 1 N–H and O–H groups in total. The Hall–Kier alpha value is -2.90. The number of methoxy groups -OCH3 is 1. The van der Waals surface area contributed by atoms with Gasteiger partial charge >= 0.3 is 0 Å². The summed E-state index contributed by atoms with van der Waals surface area (Å²) in [6, 6.07) is 16.1. The smallest absolute Gasteiger partial charge is 0.231 e. The summed E-state index contributed by atoms with van der Waals surface area (Å²) >= 11 is 1.56. The second-order valence-electron chi connectivity index (χ2n) is 7.79. The van der Waals surface area contributed by atoms with Crippen LogP contribution in [0.15, 0.2) is 53.9 Å². The van der Waals surface area contributed by atoms with Crippen molar-refractivity contribution in [2.75, 3.05) is 43.5 Å². The summed E-state index contributed by atoms with van der Waals surface area (Å²) in [7, 11) is 1.70. The average Bonchev–Trinajstić information content (AvgIpc) is 3.22. The molecule has 31 heavy (non-hydrogen) atoms. The van der Waals surface area contributed by atoms with Crippen molar-refractivity contribution >= 4 is 28.6 Å². The third kappa shape index (κ3) is 5.83. The number of aromatic nitrogens is 1. The van der Waals surface area contributed by atoms with Crippen LogP contribution in [0.5, 0.6) is 5.75 Å². The molecule has 1 aliphatic heterocycles. The number of amides is 1. The predicted molar refractivity (Wildman–Crippen MR) is 126 cm³/mol. The summed E-state index contributed by atoms with van der Waals surface area (Å²) in [6.45, 7) is 6.77. The van der Waals surface area contributed by atoms with E-state index >= 15 is 0 Å². The molecule has 7 heteroatoms. The molecular weight excluding hydrogens is 408 g/mol. The minimum atomic E-state index is -0.0309. The van der Waals surface area contributed by atoms with Crippen molar-refractivity contribution in [3.63, 3.8) is 0 Å². The van der Waals surface area contributed by atoms with Crippen LogP contribution in [-0.4, -0.2) is 49.1 Å². The van der Waals surface area contributed by atoms with E-state index in [0.29, 0.717) is 6.42 Å². The minimum Gasteiger partial charge on any atom is -0.497 e. The molecule has 0 saturated carbocycles. The van der Waals surface area contributed by atoms with Crippen LogP contribution in [0.4, 0.5) is 11.4 Å². The van der Waals surface area contributed by atoms with Crippen molar-refractivity contribution < 1.29 is 9.53 Å². The van der Waals surface area contributed by atoms with Gasteiger partial charge in [0.25, 0.3) is 0 Å². The Bertz CT molecular complexity index is 1010. The van der Waals surface area contributed by atoms with Crippen molar-refractivity contribution in [2.24, 2.45) is 0 Å². The van der Waals surface area contributed by atoms with E-state index in [4.69, 9.17) is 4.74 Å². The Balaban J connectivity index is 1.25. The van der Waals surface area contributed by atoms with E-state index in [1.54, 1.807) is 18.4 Å². The summed E-state index contributed by atoms with van der Waals surface area (Å²) in [6.07, 6.45) is 0.308. The number of carbonyl (C=O) groups excluding carboxylic acids is 1. The van der Waals surface area contributed by atoms with Gasteiger partial charge in [0.05, 0.1) is 19.2 Å². The number of thiazole rings is 1. The van der Waals surface area contributed by atoms with Crippen molar-refractivity contribution in [1.29, 1.82) is 0 Å². The maximum absolute atomic E-state index is 12.3. The van der Waals surface area contributed by atoms with E-state index in [1.165, 1.54) is 11.3 Å².